The highest BCUT2D eigenvalue weighted by Crippen LogP contribution is 2.48. The molecule has 0 radical (unpaired) electrons. The Labute approximate surface area is 237 Å². The minimum absolute atomic E-state index is 0.177. The Kier molecular flexibility index (Phi) is 7.76. The van der Waals surface area contributed by atoms with Gasteiger partial charge >= 0.3 is 0 Å². The number of carbonyl (C=O) groups is 2. The maximum atomic E-state index is 13.9. The molecule has 3 heterocycles. The normalized spacial score (nSPS) is 15.5. The highest BCUT2D eigenvalue weighted by molar-refractivity contribution is 8.00. The first-order valence-electron chi connectivity index (χ1n) is 13.2. The molecule has 40 heavy (non-hydrogen) atoms. The number of carbonyl (C=O) groups excluding carboxylic acids is 2. The number of fused-ring (bicyclic) bond motifs is 1. The molecule has 0 spiro atoms. The zero-order valence-electron chi connectivity index (χ0n) is 23.0. The quantitative estimate of drug-likeness (QED) is 0.339. The zero-order chi connectivity index (χ0) is 28.4. The van der Waals surface area contributed by atoms with Crippen LogP contribution in [0.5, 0.6) is 0 Å². The number of nitrogens with one attached hydrogen (secondary N) is 1. The summed E-state index contributed by atoms with van der Waals surface area (Å²) in [6, 6.07) is 18.0. The van der Waals surface area contributed by atoms with E-state index in [4.69, 9.17) is 5.10 Å². The number of hydrogen-bond acceptors (Lipinski definition) is 5. The lowest BCUT2D eigenvalue weighted by atomic mass is 9.87. The van der Waals surface area contributed by atoms with E-state index < -0.39 is 0 Å². The van der Waals surface area contributed by atoms with Gasteiger partial charge in [-0.2, -0.15) is 5.10 Å². The van der Waals surface area contributed by atoms with Crippen LogP contribution in [0.4, 0.5) is 10.2 Å². The first-order valence-corrected chi connectivity index (χ1v) is 14.2. The van der Waals surface area contributed by atoms with Crippen LogP contribution in [0.1, 0.15) is 54.0 Å². The number of thioether (sulfide) groups is 1. The van der Waals surface area contributed by atoms with E-state index in [2.05, 4.69) is 43.2 Å². The summed E-state index contributed by atoms with van der Waals surface area (Å²) in [6.07, 6.45) is 3.37. The van der Waals surface area contributed by atoms with Crippen molar-refractivity contribution < 1.29 is 14.0 Å². The lowest BCUT2D eigenvalue weighted by Crippen LogP contribution is -2.42. The standard InChI is InChI=1S/C31H32FN5O2S/c1-20-7-5-9-22(15-20)28-27-29(31(2,3)4)35-37(24-12-10-23(32)11-13-24)30(27)36(26(39)19-40-28)18-25(38)34-17-21-8-6-14-33-16-21/h5-16,28H,17-19H2,1-4H3,(H,34,38). The number of halogens is 1. The molecule has 2 aromatic carbocycles. The molecule has 4 aromatic rings. The fourth-order valence-electron chi connectivity index (χ4n) is 4.83. The van der Waals surface area contributed by atoms with Crippen LogP contribution in [0, 0.1) is 12.7 Å². The summed E-state index contributed by atoms with van der Waals surface area (Å²) in [7, 11) is 0. The van der Waals surface area contributed by atoms with Gasteiger partial charge in [0.15, 0.2) is 0 Å². The van der Waals surface area contributed by atoms with E-state index in [1.807, 2.05) is 31.2 Å². The Morgan fingerprint density at radius 3 is 2.58 bits per heavy atom. The Hall–Kier alpha value is -3.98. The van der Waals surface area contributed by atoms with Crippen molar-refractivity contribution in [2.75, 3.05) is 17.2 Å². The van der Waals surface area contributed by atoms with Gasteiger partial charge in [-0.15, -0.1) is 11.8 Å². The molecule has 0 bridgehead atoms. The van der Waals surface area contributed by atoms with E-state index in [1.165, 1.54) is 28.8 Å². The van der Waals surface area contributed by atoms with Gasteiger partial charge in [-0.1, -0.05) is 56.7 Å². The molecule has 2 amide bonds. The zero-order valence-corrected chi connectivity index (χ0v) is 23.8. The summed E-state index contributed by atoms with van der Waals surface area (Å²) < 4.78 is 15.6. The minimum Gasteiger partial charge on any atom is -0.350 e. The van der Waals surface area contributed by atoms with Gasteiger partial charge in [0, 0.05) is 29.9 Å². The lowest BCUT2D eigenvalue weighted by Gasteiger charge is -2.24. The molecule has 5 rings (SSSR count). The van der Waals surface area contributed by atoms with Crippen LogP contribution in [-0.2, 0) is 21.5 Å². The van der Waals surface area contributed by atoms with E-state index in [9.17, 15) is 14.0 Å². The number of rotatable bonds is 6. The van der Waals surface area contributed by atoms with Crippen LogP contribution in [0.2, 0.25) is 0 Å². The SMILES string of the molecule is Cc1cccc(C2SCC(=O)N(CC(=O)NCc3cccnc3)c3c2c(C(C)(C)C)nn3-c2ccc(F)cc2)c1. The first-order chi connectivity index (χ1) is 19.1. The fraction of sp³-hybridized carbons (Fsp3) is 0.290. The van der Waals surface area contributed by atoms with Gasteiger partial charge in [0.2, 0.25) is 11.8 Å². The smallest absolute Gasteiger partial charge is 0.240 e. The fourth-order valence-corrected chi connectivity index (χ4v) is 6.02. The van der Waals surface area contributed by atoms with Crippen molar-refractivity contribution in [3.63, 3.8) is 0 Å². The first kappa shape index (κ1) is 27.6. The van der Waals surface area contributed by atoms with Crippen LogP contribution in [-0.4, -0.2) is 38.9 Å². The molecule has 1 aliphatic rings. The highest BCUT2D eigenvalue weighted by atomic mass is 32.2. The molecule has 2 aromatic heterocycles. The van der Waals surface area contributed by atoms with Crippen LogP contribution in [0.3, 0.4) is 0 Å². The van der Waals surface area contributed by atoms with E-state index >= 15 is 0 Å². The van der Waals surface area contributed by atoms with Gasteiger partial charge in [0.05, 0.1) is 22.4 Å². The topological polar surface area (TPSA) is 80.1 Å². The van der Waals surface area contributed by atoms with Crippen molar-refractivity contribution in [1.82, 2.24) is 20.1 Å². The maximum absolute atomic E-state index is 13.9. The minimum atomic E-state index is -0.375. The van der Waals surface area contributed by atoms with Gasteiger partial charge < -0.3 is 5.32 Å². The molecule has 206 valence electrons. The number of anilines is 1. The molecule has 1 unspecified atom stereocenters. The molecular formula is C31H32FN5O2S. The monoisotopic (exact) mass is 557 g/mol. The number of aromatic nitrogens is 3. The summed E-state index contributed by atoms with van der Waals surface area (Å²) in [4.78, 5) is 32.6. The number of pyridine rings is 1. The third kappa shape index (κ3) is 5.79. The molecule has 1 aliphatic heterocycles. The summed E-state index contributed by atoms with van der Waals surface area (Å²) >= 11 is 1.53. The van der Waals surface area contributed by atoms with Crippen molar-refractivity contribution in [3.05, 3.63) is 107 Å². The summed E-state index contributed by atoms with van der Waals surface area (Å²) in [6.45, 7) is 8.42. The van der Waals surface area contributed by atoms with Gasteiger partial charge in [-0.05, 0) is 48.4 Å². The van der Waals surface area contributed by atoms with Crippen LogP contribution in [0.25, 0.3) is 5.69 Å². The van der Waals surface area contributed by atoms with Crippen molar-refractivity contribution >= 4 is 29.4 Å². The highest BCUT2D eigenvalue weighted by Gasteiger charge is 2.40. The van der Waals surface area contributed by atoms with Crippen molar-refractivity contribution in [2.45, 2.75) is 44.9 Å². The molecular weight excluding hydrogens is 525 g/mol. The second kappa shape index (κ2) is 11.3. The second-order valence-electron chi connectivity index (χ2n) is 10.9. The Morgan fingerprint density at radius 2 is 1.90 bits per heavy atom. The number of amides is 2. The van der Waals surface area contributed by atoms with Crippen LogP contribution < -0.4 is 10.2 Å². The Bertz CT molecular complexity index is 1530. The van der Waals surface area contributed by atoms with E-state index in [-0.39, 0.29) is 40.6 Å². The van der Waals surface area contributed by atoms with Gasteiger partial charge in [0.25, 0.3) is 0 Å². The molecule has 0 fully saturated rings. The molecule has 0 aliphatic carbocycles. The molecule has 1 N–H and O–H groups in total. The number of hydrogen-bond donors (Lipinski definition) is 1. The van der Waals surface area contributed by atoms with Crippen molar-refractivity contribution in [2.24, 2.45) is 0 Å². The van der Waals surface area contributed by atoms with Gasteiger partial charge in [0.1, 0.15) is 18.2 Å². The third-order valence-electron chi connectivity index (χ3n) is 6.73. The Balaban J connectivity index is 1.65. The van der Waals surface area contributed by atoms with Crippen molar-refractivity contribution in [1.29, 1.82) is 0 Å². The third-order valence-corrected chi connectivity index (χ3v) is 7.98. The molecule has 9 heteroatoms. The molecule has 0 saturated heterocycles. The average molecular weight is 558 g/mol. The predicted octanol–water partition coefficient (Wildman–Crippen LogP) is 5.50. The van der Waals surface area contributed by atoms with Gasteiger partial charge in [-0.3, -0.25) is 19.5 Å². The molecule has 1 atom stereocenters. The van der Waals surface area contributed by atoms with E-state index in [1.54, 1.807) is 29.2 Å². The summed E-state index contributed by atoms with van der Waals surface area (Å²) in [5.74, 6) is -0.132. The number of aryl methyl sites for hydroxylation is 1. The maximum Gasteiger partial charge on any atom is 0.240 e. The number of benzene rings is 2. The van der Waals surface area contributed by atoms with Crippen LogP contribution >= 0.6 is 11.8 Å². The lowest BCUT2D eigenvalue weighted by molar-refractivity contribution is -0.123. The summed E-state index contributed by atoms with van der Waals surface area (Å²) in [5.41, 5.74) is 4.98. The van der Waals surface area contributed by atoms with E-state index in [0.29, 0.717) is 18.1 Å². The van der Waals surface area contributed by atoms with E-state index in [0.717, 1.165) is 27.9 Å². The second-order valence-corrected chi connectivity index (χ2v) is 12.0. The largest absolute Gasteiger partial charge is 0.350 e. The van der Waals surface area contributed by atoms with Crippen molar-refractivity contribution in [3.8, 4) is 5.69 Å². The average Bonchev–Trinajstić information content (AvgIpc) is 3.26. The van der Waals surface area contributed by atoms with Gasteiger partial charge in [-0.25, -0.2) is 9.07 Å². The molecule has 7 nitrogen and oxygen atoms in total. The molecule has 0 saturated carbocycles. The summed E-state index contributed by atoms with van der Waals surface area (Å²) in [5, 5.41) is 7.76. The Morgan fingerprint density at radius 1 is 1.12 bits per heavy atom. The van der Waals surface area contributed by atoms with Crippen LogP contribution in [0.15, 0.2) is 73.1 Å². The predicted molar refractivity (Wildman–Crippen MR) is 156 cm³/mol. The number of nitrogens with zero attached hydrogens (tertiary/aromatic N) is 4.